The van der Waals surface area contributed by atoms with E-state index in [2.05, 4.69) is 48.0 Å². The van der Waals surface area contributed by atoms with Crippen molar-refractivity contribution in [1.82, 2.24) is 4.90 Å². The Hall–Kier alpha value is -1.06. The zero-order chi connectivity index (χ0) is 12.3. The van der Waals surface area contributed by atoms with Gasteiger partial charge in [-0.2, -0.15) is 0 Å². The van der Waals surface area contributed by atoms with Crippen LogP contribution in [0.2, 0.25) is 0 Å². The molecule has 94 valence electrons. The molecule has 2 rings (SSSR count). The summed E-state index contributed by atoms with van der Waals surface area (Å²) < 4.78 is 0. The lowest BCUT2D eigenvalue weighted by molar-refractivity contribution is 0.312. The Labute approximate surface area is 104 Å². The van der Waals surface area contributed by atoms with E-state index in [1.54, 1.807) is 0 Å². The Balaban J connectivity index is 2.19. The lowest BCUT2D eigenvalue weighted by Gasteiger charge is -2.35. The van der Waals surface area contributed by atoms with Gasteiger partial charge in [0.1, 0.15) is 0 Å². The van der Waals surface area contributed by atoms with Crippen LogP contribution in [0.5, 0.6) is 0 Å². The van der Waals surface area contributed by atoms with E-state index in [-0.39, 0.29) is 0 Å². The molecule has 0 radical (unpaired) electrons. The molecule has 0 aliphatic carbocycles. The molecular weight excluding hydrogens is 210 g/mol. The van der Waals surface area contributed by atoms with Crippen molar-refractivity contribution in [2.45, 2.75) is 12.8 Å². The highest BCUT2D eigenvalue weighted by molar-refractivity contribution is 5.55. The number of nitrogens with two attached hydrogens (primary N) is 1. The summed E-state index contributed by atoms with van der Waals surface area (Å²) in [6.45, 7) is 7.44. The second-order valence-electron chi connectivity index (χ2n) is 4.99. The van der Waals surface area contributed by atoms with E-state index >= 15 is 0 Å². The second-order valence-corrected chi connectivity index (χ2v) is 4.99. The van der Waals surface area contributed by atoms with Crippen LogP contribution < -0.4 is 10.6 Å². The van der Waals surface area contributed by atoms with Gasteiger partial charge in [0.2, 0.25) is 0 Å². The van der Waals surface area contributed by atoms with Crippen molar-refractivity contribution in [3.8, 4) is 0 Å². The van der Waals surface area contributed by atoms with Gasteiger partial charge < -0.3 is 15.5 Å². The average Bonchev–Trinajstić information content (AvgIpc) is 2.39. The first kappa shape index (κ1) is 12.4. The molecule has 1 aromatic carbocycles. The van der Waals surface area contributed by atoms with Gasteiger partial charge in [-0.1, -0.05) is 25.1 Å². The van der Waals surface area contributed by atoms with Crippen LogP contribution in [-0.2, 0) is 0 Å². The number of para-hydroxylation sites is 1. The highest BCUT2D eigenvalue weighted by Gasteiger charge is 2.18. The Morgan fingerprint density at radius 2 is 1.82 bits per heavy atom. The number of rotatable bonds is 3. The maximum absolute atomic E-state index is 5.80. The topological polar surface area (TPSA) is 32.5 Å². The first-order valence-electron chi connectivity index (χ1n) is 6.45. The van der Waals surface area contributed by atoms with Crippen molar-refractivity contribution in [3.63, 3.8) is 0 Å². The van der Waals surface area contributed by atoms with Crippen molar-refractivity contribution in [3.05, 3.63) is 29.8 Å². The number of anilines is 1. The molecule has 3 nitrogen and oxygen atoms in total. The van der Waals surface area contributed by atoms with Crippen LogP contribution >= 0.6 is 0 Å². The maximum Gasteiger partial charge on any atom is 0.0402 e. The van der Waals surface area contributed by atoms with Gasteiger partial charge in [-0.15, -0.1) is 0 Å². The smallest absolute Gasteiger partial charge is 0.0402 e. The maximum atomic E-state index is 5.80. The predicted molar refractivity (Wildman–Crippen MR) is 73.6 cm³/mol. The van der Waals surface area contributed by atoms with Gasteiger partial charge in [-0.25, -0.2) is 0 Å². The second kappa shape index (κ2) is 5.52. The number of hydrogen-bond donors (Lipinski definition) is 1. The Kier molecular flexibility index (Phi) is 4.02. The summed E-state index contributed by atoms with van der Waals surface area (Å²) in [7, 11) is 2.19. The molecule has 1 saturated heterocycles. The van der Waals surface area contributed by atoms with Crippen LogP contribution in [0.3, 0.4) is 0 Å². The Bertz CT molecular complexity index is 356. The first-order chi connectivity index (χ1) is 8.22. The SMILES string of the molecule is CC(CN)c1ccccc1N1CCN(C)CC1. The predicted octanol–water partition coefficient (Wildman–Crippen LogP) is 1.50. The molecule has 17 heavy (non-hydrogen) atoms. The van der Waals surface area contributed by atoms with E-state index in [9.17, 15) is 0 Å². The number of likely N-dealkylation sites (N-methyl/N-ethyl adjacent to an activating group) is 1. The summed E-state index contributed by atoms with van der Waals surface area (Å²) in [6.07, 6.45) is 0. The van der Waals surface area contributed by atoms with Gasteiger partial charge in [0.25, 0.3) is 0 Å². The van der Waals surface area contributed by atoms with Gasteiger partial charge in [-0.05, 0) is 31.1 Å². The van der Waals surface area contributed by atoms with E-state index in [4.69, 9.17) is 5.73 Å². The number of piperazine rings is 1. The zero-order valence-corrected chi connectivity index (χ0v) is 10.9. The minimum Gasteiger partial charge on any atom is -0.369 e. The minimum atomic E-state index is 0.436. The van der Waals surface area contributed by atoms with Crippen molar-refractivity contribution in [2.24, 2.45) is 5.73 Å². The highest BCUT2D eigenvalue weighted by atomic mass is 15.2. The molecule has 3 heteroatoms. The Morgan fingerprint density at radius 3 is 2.47 bits per heavy atom. The van der Waals surface area contributed by atoms with Crippen LogP contribution in [0.1, 0.15) is 18.4 Å². The lowest BCUT2D eigenvalue weighted by Crippen LogP contribution is -2.44. The van der Waals surface area contributed by atoms with Gasteiger partial charge in [-0.3, -0.25) is 0 Å². The molecule has 1 aromatic rings. The number of nitrogens with zero attached hydrogens (tertiary/aromatic N) is 2. The van der Waals surface area contributed by atoms with E-state index in [1.807, 2.05) is 0 Å². The monoisotopic (exact) mass is 233 g/mol. The van der Waals surface area contributed by atoms with Gasteiger partial charge in [0, 0.05) is 31.9 Å². The lowest BCUT2D eigenvalue weighted by atomic mass is 9.98. The molecule has 1 heterocycles. The summed E-state index contributed by atoms with van der Waals surface area (Å²) >= 11 is 0. The third kappa shape index (κ3) is 2.79. The fourth-order valence-electron chi connectivity index (χ4n) is 2.37. The molecule has 0 aromatic heterocycles. The van der Waals surface area contributed by atoms with Crippen LogP contribution in [0.25, 0.3) is 0 Å². The highest BCUT2D eigenvalue weighted by Crippen LogP contribution is 2.27. The summed E-state index contributed by atoms with van der Waals surface area (Å²) in [6, 6.07) is 8.68. The third-order valence-electron chi connectivity index (χ3n) is 3.67. The molecule has 1 atom stereocenters. The summed E-state index contributed by atoms with van der Waals surface area (Å²) in [5, 5.41) is 0. The van der Waals surface area contributed by atoms with E-state index in [0.29, 0.717) is 12.5 Å². The van der Waals surface area contributed by atoms with Gasteiger partial charge >= 0.3 is 0 Å². The Morgan fingerprint density at radius 1 is 1.18 bits per heavy atom. The average molecular weight is 233 g/mol. The molecule has 1 aliphatic heterocycles. The summed E-state index contributed by atoms with van der Waals surface area (Å²) in [5.74, 6) is 0.436. The van der Waals surface area contributed by atoms with E-state index in [0.717, 1.165) is 26.2 Å². The summed E-state index contributed by atoms with van der Waals surface area (Å²) in [5.41, 5.74) is 8.56. The molecule has 0 spiro atoms. The van der Waals surface area contributed by atoms with Gasteiger partial charge in [0.05, 0.1) is 0 Å². The van der Waals surface area contributed by atoms with Crippen LogP contribution in [0, 0.1) is 0 Å². The standard InChI is InChI=1S/C14H23N3/c1-12(11-15)13-5-3-4-6-14(13)17-9-7-16(2)8-10-17/h3-6,12H,7-11,15H2,1-2H3. The van der Waals surface area contributed by atoms with Gasteiger partial charge in [0.15, 0.2) is 0 Å². The van der Waals surface area contributed by atoms with Crippen molar-refractivity contribution in [2.75, 3.05) is 44.7 Å². The quantitative estimate of drug-likeness (QED) is 0.859. The first-order valence-corrected chi connectivity index (χ1v) is 6.45. The molecule has 1 fully saturated rings. The number of benzene rings is 1. The number of hydrogen-bond acceptors (Lipinski definition) is 3. The van der Waals surface area contributed by atoms with Crippen molar-refractivity contribution < 1.29 is 0 Å². The van der Waals surface area contributed by atoms with Crippen molar-refractivity contribution in [1.29, 1.82) is 0 Å². The van der Waals surface area contributed by atoms with Crippen LogP contribution in [0.4, 0.5) is 5.69 Å². The fourth-order valence-corrected chi connectivity index (χ4v) is 2.37. The largest absolute Gasteiger partial charge is 0.369 e. The molecule has 0 amide bonds. The summed E-state index contributed by atoms with van der Waals surface area (Å²) in [4.78, 5) is 4.87. The third-order valence-corrected chi connectivity index (χ3v) is 3.67. The van der Waals surface area contributed by atoms with Crippen molar-refractivity contribution >= 4 is 5.69 Å². The van der Waals surface area contributed by atoms with Crippen LogP contribution in [0.15, 0.2) is 24.3 Å². The molecule has 2 N–H and O–H groups in total. The molecular formula is C14H23N3. The van der Waals surface area contributed by atoms with E-state index in [1.165, 1.54) is 11.3 Å². The normalized spacial score (nSPS) is 19.4. The van der Waals surface area contributed by atoms with E-state index < -0.39 is 0 Å². The molecule has 1 aliphatic rings. The van der Waals surface area contributed by atoms with Crippen LogP contribution in [-0.4, -0.2) is 44.7 Å². The fraction of sp³-hybridized carbons (Fsp3) is 0.571. The molecule has 0 bridgehead atoms. The molecule has 0 saturated carbocycles. The minimum absolute atomic E-state index is 0.436. The zero-order valence-electron chi connectivity index (χ0n) is 10.9. The molecule has 1 unspecified atom stereocenters.